The smallest absolute Gasteiger partial charge is 0.410 e. The van der Waals surface area contributed by atoms with Crippen molar-refractivity contribution in [1.82, 2.24) is 19.6 Å². The molecular formula is C30H35Cl2N5O3. The van der Waals surface area contributed by atoms with Gasteiger partial charge in [0.25, 0.3) is 5.91 Å². The molecule has 0 aliphatic carbocycles. The van der Waals surface area contributed by atoms with Crippen LogP contribution in [0.15, 0.2) is 54.7 Å². The maximum Gasteiger partial charge on any atom is 0.410 e. The SMILES string of the molecule is CC(C)(C)OC(=O)N1CCC(c2c(C(=O)N3CCN(c4cccc(Cl)c4)CC3)cnn2-c2ccc(Cl)cc2)CC1. The van der Waals surface area contributed by atoms with E-state index in [1.54, 1.807) is 11.1 Å². The van der Waals surface area contributed by atoms with Gasteiger partial charge in [-0.3, -0.25) is 4.79 Å². The van der Waals surface area contributed by atoms with Gasteiger partial charge in [-0.15, -0.1) is 0 Å². The van der Waals surface area contributed by atoms with Gasteiger partial charge in [-0.25, -0.2) is 9.48 Å². The third-order valence-corrected chi connectivity index (χ3v) is 7.87. The van der Waals surface area contributed by atoms with Gasteiger partial charge in [0.05, 0.1) is 23.1 Å². The highest BCUT2D eigenvalue weighted by Gasteiger charge is 2.34. The van der Waals surface area contributed by atoms with Crippen LogP contribution in [0.2, 0.25) is 10.0 Å². The van der Waals surface area contributed by atoms with Crippen molar-refractivity contribution in [2.75, 3.05) is 44.2 Å². The van der Waals surface area contributed by atoms with Crippen LogP contribution in [0.5, 0.6) is 0 Å². The fraction of sp³-hybridized carbons (Fsp3) is 0.433. The molecule has 3 heterocycles. The van der Waals surface area contributed by atoms with E-state index in [1.807, 2.05) is 78.9 Å². The number of rotatable bonds is 4. The maximum atomic E-state index is 13.9. The van der Waals surface area contributed by atoms with Crippen molar-refractivity contribution in [2.24, 2.45) is 0 Å². The summed E-state index contributed by atoms with van der Waals surface area (Å²) >= 11 is 12.3. The van der Waals surface area contributed by atoms with E-state index in [0.717, 1.165) is 30.2 Å². The van der Waals surface area contributed by atoms with Crippen LogP contribution in [0.1, 0.15) is 55.6 Å². The number of ether oxygens (including phenoxy) is 1. The number of carbonyl (C=O) groups is 2. The molecule has 10 heteroatoms. The summed E-state index contributed by atoms with van der Waals surface area (Å²) in [7, 11) is 0. The molecule has 2 aliphatic rings. The number of piperazine rings is 1. The molecule has 0 N–H and O–H groups in total. The van der Waals surface area contributed by atoms with Gasteiger partial charge in [0.2, 0.25) is 0 Å². The van der Waals surface area contributed by atoms with Gasteiger partial charge in [-0.2, -0.15) is 5.10 Å². The minimum absolute atomic E-state index is 0.0180. The number of halogens is 2. The van der Waals surface area contributed by atoms with Gasteiger partial charge in [0, 0.05) is 60.9 Å². The second kappa shape index (κ2) is 11.7. The lowest BCUT2D eigenvalue weighted by Crippen LogP contribution is -2.49. The van der Waals surface area contributed by atoms with Gasteiger partial charge >= 0.3 is 6.09 Å². The molecule has 0 bridgehead atoms. The van der Waals surface area contributed by atoms with Crippen LogP contribution >= 0.6 is 23.2 Å². The summed E-state index contributed by atoms with van der Waals surface area (Å²) in [6, 6.07) is 15.3. The molecule has 2 aromatic carbocycles. The Morgan fingerprint density at radius 2 is 1.52 bits per heavy atom. The minimum atomic E-state index is -0.544. The van der Waals surface area contributed by atoms with Gasteiger partial charge in [0.15, 0.2) is 0 Å². The summed E-state index contributed by atoms with van der Waals surface area (Å²) in [5, 5.41) is 6.02. The molecular weight excluding hydrogens is 549 g/mol. The molecule has 2 aliphatic heterocycles. The highest BCUT2D eigenvalue weighted by molar-refractivity contribution is 6.31. The van der Waals surface area contributed by atoms with Crippen molar-refractivity contribution in [3.05, 3.63) is 76.0 Å². The summed E-state index contributed by atoms with van der Waals surface area (Å²) < 4.78 is 7.44. The largest absolute Gasteiger partial charge is 0.444 e. The molecule has 0 unspecified atom stereocenters. The zero-order valence-electron chi connectivity index (χ0n) is 23.1. The Labute approximate surface area is 245 Å². The standard InChI is InChI=1S/C30H35Cl2N5O3/c1-30(2,3)40-29(39)36-13-11-21(12-14-36)27-26(20-33-37(27)24-9-7-22(31)8-10-24)28(38)35-17-15-34(16-18-35)25-6-4-5-23(32)19-25/h4-10,19-21H,11-18H2,1-3H3. The number of likely N-dealkylation sites (tertiary alicyclic amines) is 1. The molecule has 2 amide bonds. The van der Waals surface area contributed by atoms with Gasteiger partial charge in [0.1, 0.15) is 5.60 Å². The van der Waals surface area contributed by atoms with Gasteiger partial charge < -0.3 is 19.4 Å². The van der Waals surface area contributed by atoms with E-state index in [4.69, 9.17) is 27.9 Å². The maximum absolute atomic E-state index is 13.9. The summed E-state index contributed by atoms with van der Waals surface area (Å²) in [4.78, 5) is 32.5. The van der Waals surface area contributed by atoms with E-state index < -0.39 is 5.60 Å². The summed E-state index contributed by atoms with van der Waals surface area (Å²) in [6.45, 7) is 9.37. The molecule has 40 heavy (non-hydrogen) atoms. The van der Waals surface area contributed by atoms with Crippen molar-refractivity contribution in [3.63, 3.8) is 0 Å². The van der Waals surface area contributed by atoms with Crippen LogP contribution < -0.4 is 4.90 Å². The number of hydrogen-bond acceptors (Lipinski definition) is 5. The zero-order valence-corrected chi connectivity index (χ0v) is 24.7. The van der Waals surface area contributed by atoms with E-state index in [-0.39, 0.29) is 17.9 Å². The Morgan fingerprint density at radius 1 is 0.850 bits per heavy atom. The van der Waals surface area contributed by atoms with E-state index in [2.05, 4.69) is 10.00 Å². The molecule has 0 radical (unpaired) electrons. The molecule has 212 valence electrons. The minimum Gasteiger partial charge on any atom is -0.444 e. The number of nitrogens with zero attached hydrogens (tertiary/aromatic N) is 5. The first kappa shape index (κ1) is 28.3. The number of amides is 2. The van der Waals surface area contributed by atoms with Crippen molar-refractivity contribution in [3.8, 4) is 5.69 Å². The normalized spacial score (nSPS) is 16.8. The molecule has 0 spiro atoms. The predicted octanol–water partition coefficient (Wildman–Crippen LogP) is 6.26. The van der Waals surface area contributed by atoms with E-state index in [1.165, 1.54) is 0 Å². The first-order valence-electron chi connectivity index (χ1n) is 13.7. The lowest BCUT2D eigenvalue weighted by atomic mass is 9.90. The Bertz CT molecular complexity index is 1350. The molecule has 3 aromatic rings. The highest BCUT2D eigenvalue weighted by Crippen LogP contribution is 2.34. The molecule has 0 saturated carbocycles. The van der Waals surface area contributed by atoms with E-state index in [9.17, 15) is 9.59 Å². The first-order chi connectivity index (χ1) is 19.1. The third-order valence-electron chi connectivity index (χ3n) is 7.38. The molecule has 2 fully saturated rings. The highest BCUT2D eigenvalue weighted by atomic mass is 35.5. The van der Waals surface area contributed by atoms with Crippen LogP contribution in [0.25, 0.3) is 5.69 Å². The lowest BCUT2D eigenvalue weighted by molar-refractivity contribution is 0.0203. The molecule has 2 saturated heterocycles. The quantitative estimate of drug-likeness (QED) is 0.362. The van der Waals surface area contributed by atoms with Gasteiger partial charge in [-0.05, 0) is 76.1 Å². The van der Waals surface area contributed by atoms with Crippen molar-refractivity contribution in [2.45, 2.75) is 45.1 Å². The van der Waals surface area contributed by atoms with Crippen molar-refractivity contribution >= 4 is 40.9 Å². The van der Waals surface area contributed by atoms with Crippen LogP contribution in [-0.4, -0.2) is 76.5 Å². The van der Waals surface area contributed by atoms with Crippen molar-refractivity contribution < 1.29 is 14.3 Å². The second-order valence-electron chi connectivity index (χ2n) is 11.3. The average Bonchev–Trinajstić information content (AvgIpc) is 3.37. The van der Waals surface area contributed by atoms with Crippen LogP contribution in [0, 0.1) is 0 Å². The number of hydrogen-bond donors (Lipinski definition) is 0. The van der Waals surface area contributed by atoms with Crippen LogP contribution in [-0.2, 0) is 4.74 Å². The summed E-state index contributed by atoms with van der Waals surface area (Å²) in [5.74, 6) is 0.0408. The fourth-order valence-corrected chi connectivity index (χ4v) is 5.69. The number of carbonyl (C=O) groups excluding carboxylic acids is 2. The summed E-state index contributed by atoms with van der Waals surface area (Å²) in [6.07, 6.45) is 2.81. The molecule has 5 rings (SSSR count). The molecule has 1 aromatic heterocycles. The molecule has 0 atom stereocenters. The average molecular weight is 585 g/mol. The number of aromatic nitrogens is 2. The predicted molar refractivity (Wildman–Crippen MR) is 158 cm³/mol. The van der Waals surface area contributed by atoms with Crippen molar-refractivity contribution in [1.29, 1.82) is 0 Å². The second-order valence-corrected chi connectivity index (χ2v) is 12.2. The zero-order chi connectivity index (χ0) is 28.4. The molecule has 8 nitrogen and oxygen atoms in total. The number of piperidine rings is 1. The van der Waals surface area contributed by atoms with Crippen LogP contribution in [0.3, 0.4) is 0 Å². The number of anilines is 1. The Kier molecular flexibility index (Phi) is 8.29. The monoisotopic (exact) mass is 583 g/mol. The fourth-order valence-electron chi connectivity index (χ4n) is 5.38. The Morgan fingerprint density at radius 3 is 2.15 bits per heavy atom. The Hall–Kier alpha value is -3.23. The van der Waals surface area contributed by atoms with E-state index in [0.29, 0.717) is 54.6 Å². The topological polar surface area (TPSA) is 70.9 Å². The van der Waals surface area contributed by atoms with E-state index >= 15 is 0 Å². The van der Waals surface area contributed by atoms with Crippen LogP contribution in [0.4, 0.5) is 10.5 Å². The van der Waals surface area contributed by atoms with Gasteiger partial charge in [-0.1, -0.05) is 29.3 Å². The third kappa shape index (κ3) is 6.39. The lowest BCUT2D eigenvalue weighted by Gasteiger charge is -2.37. The Balaban J connectivity index is 1.36. The first-order valence-corrected chi connectivity index (χ1v) is 14.5. The number of benzene rings is 2. The summed E-state index contributed by atoms with van der Waals surface area (Å²) in [5.41, 5.74) is 2.86.